The van der Waals surface area contributed by atoms with Crippen LogP contribution in [0, 0.1) is 5.41 Å². The predicted octanol–water partition coefficient (Wildman–Crippen LogP) is 1.06. The van der Waals surface area contributed by atoms with E-state index in [9.17, 15) is 4.79 Å². The lowest BCUT2D eigenvalue weighted by molar-refractivity contribution is 0.0887. The molecule has 106 valence electrons. The van der Waals surface area contributed by atoms with E-state index in [-0.39, 0.29) is 11.3 Å². The number of thiazole rings is 1. The molecule has 0 saturated carbocycles. The first kappa shape index (κ1) is 14.4. The van der Waals surface area contributed by atoms with Crippen LogP contribution in [-0.4, -0.2) is 42.5 Å². The molecule has 0 aromatic carbocycles. The van der Waals surface area contributed by atoms with E-state index in [1.807, 2.05) is 0 Å². The summed E-state index contributed by atoms with van der Waals surface area (Å²) >= 11 is 1.44. The highest BCUT2D eigenvalue weighted by molar-refractivity contribution is 7.09. The Kier molecular flexibility index (Phi) is 4.54. The lowest BCUT2D eigenvalue weighted by Crippen LogP contribution is -2.43. The third kappa shape index (κ3) is 3.75. The number of carbonyl (C=O) groups is 1. The number of nitrogens with one attached hydrogen (secondary N) is 1. The Bertz CT molecular complexity index is 438. The van der Waals surface area contributed by atoms with E-state index in [1.54, 1.807) is 5.38 Å². The number of likely N-dealkylation sites (tertiary alicyclic amines) is 1. The summed E-state index contributed by atoms with van der Waals surface area (Å²) < 4.78 is 0. The largest absolute Gasteiger partial charge is 0.350 e. The van der Waals surface area contributed by atoms with Gasteiger partial charge in [0.15, 0.2) is 0 Å². The molecule has 1 aromatic rings. The van der Waals surface area contributed by atoms with Crippen molar-refractivity contribution in [3.63, 3.8) is 0 Å². The van der Waals surface area contributed by atoms with E-state index in [2.05, 4.69) is 29.2 Å². The Balaban J connectivity index is 1.86. The normalized spacial score (nSPS) is 19.3. The minimum absolute atomic E-state index is 0.0869. The van der Waals surface area contributed by atoms with E-state index in [0.717, 1.165) is 37.5 Å². The quantitative estimate of drug-likeness (QED) is 0.866. The SMILES string of the molecule is CN1CCC(C)(CNC(=O)c2csc(CN)n2)CC1. The van der Waals surface area contributed by atoms with Gasteiger partial charge in [-0.3, -0.25) is 4.79 Å². The summed E-state index contributed by atoms with van der Waals surface area (Å²) in [4.78, 5) is 18.5. The van der Waals surface area contributed by atoms with Crippen LogP contribution in [0.15, 0.2) is 5.38 Å². The smallest absolute Gasteiger partial charge is 0.270 e. The molecule has 1 aliphatic rings. The van der Waals surface area contributed by atoms with Crippen molar-refractivity contribution < 1.29 is 4.79 Å². The first-order chi connectivity index (χ1) is 9.02. The highest BCUT2D eigenvalue weighted by Crippen LogP contribution is 2.29. The highest BCUT2D eigenvalue weighted by atomic mass is 32.1. The van der Waals surface area contributed by atoms with Crippen molar-refractivity contribution in [1.29, 1.82) is 0 Å². The lowest BCUT2D eigenvalue weighted by Gasteiger charge is -2.37. The molecule has 6 heteroatoms. The van der Waals surface area contributed by atoms with Gasteiger partial charge in [-0.05, 0) is 38.4 Å². The highest BCUT2D eigenvalue weighted by Gasteiger charge is 2.29. The molecule has 1 amide bonds. The number of rotatable bonds is 4. The average molecular weight is 282 g/mol. The first-order valence-electron chi connectivity index (χ1n) is 6.64. The molecule has 0 spiro atoms. The molecule has 1 saturated heterocycles. The van der Waals surface area contributed by atoms with Crippen LogP contribution < -0.4 is 11.1 Å². The average Bonchev–Trinajstić information content (AvgIpc) is 2.89. The summed E-state index contributed by atoms with van der Waals surface area (Å²) in [6, 6.07) is 0. The Morgan fingerprint density at radius 2 is 2.26 bits per heavy atom. The molecule has 5 nitrogen and oxygen atoms in total. The van der Waals surface area contributed by atoms with Crippen molar-refractivity contribution in [3.05, 3.63) is 16.1 Å². The van der Waals surface area contributed by atoms with E-state index in [1.165, 1.54) is 11.3 Å². The number of amides is 1. The number of nitrogens with two attached hydrogens (primary N) is 1. The maximum Gasteiger partial charge on any atom is 0.270 e. The van der Waals surface area contributed by atoms with Gasteiger partial charge < -0.3 is 16.0 Å². The van der Waals surface area contributed by atoms with Crippen molar-refractivity contribution in [2.24, 2.45) is 11.1 Å². The molecule has 1 fully saturated rings. The van der Waals surface area contributed by atoms with Crippen molar-refractivity contribution in [2.45, 2.75) is 26.3 Å². The topological polar surface area (TPSA) is 71.2 Å². The Morgan fingerprint density at radius 3 is 2.84 bits per heavy atom. The number of hydrogen-bond donors (Lipinski definition) is 2. The predicted molar refractivity (Wildman–Crippen MR) is 77.2 cm³/mol. The minimum Gasteiger partial charge on any atom is -0.350 e. The monoisotopic (exact) mass is 282 g/mol. The summed E-state index contributed by atoms with van der Waals surface area (Å²) in [6.07, 6.45) is 2.24. The maximum absolute atomic E-state index is 12.0. The van der Waals surface area contributed by atoms with Crippen molar-refractivity contribution in [1.82, 2.24) is 15.2 Å². The fraction of sp³-hybridized carbons (Fsp3) is 0.692. The zero-order chi connectivity index (χ0) is 13.9. The van der Waals surface area contributed by atoms with Crippen LogP contribution in [0.25, 0.3) is 0 Å². The molecule has 19 heavy (non-hydrogen) atoms. The van der Waals surface area contributed by atoms with Gasteiger partial charge in [-0.15, -0.1) is 11.3 Å². The van der Waals surface area contributed by atoms with Gasteiger partial charge in [-0.25, -0.2) is 4.98 Å². The Hall–Kier alpha value is -0.980. The van der Waals surface area contributed by atoms with Crippen LogP contribution in [0.1, 0.15) is 35.3 Å². The maximum atomic E-state index is 12.0. The van der Waals surface area contributed by atoms with Crippen LogP contribution in [-0.2, 0) is 6.54 Å². The summed E-state index contributed by atoms with van der Waals surface area (Å²) in [6.45, 7) is 5.55. The van der Waals surface area contributed by atoms with E-state index < -0.39 is 0 Å². The number of carbonyl (C=O) groups excluding carboxylic acids is 1. The van der Waals surface area contributed by atoms with Gasteiger partial charge >= 0.3 is 0 Å². The fourth-order valence-electron chi connectivity index (χ4n) is 2.23. The molecule has 2 rings (SSSR count). The second-order valence-corrected chi connectivity index (χ2v) is 6.57. The zero-order valence-corrected chi connectivity index (χ0v) is 12.4. The van der Waals surface area contributed by atoms with Gasteiger partial charge in [0.1, 0.15) is 10.7 Å². The molecule has 2 heterocycles. The van der Waals surface area contributed by atoms with Crippen LogP contribution >= 0.6 is 11.3 Å². The molecule has 1 aliphatic heterocycles. The second kappa shape index (κ2) is 5.98. The molecule has 1 aromatic heterocycles. The molecule has 0 bridgehead atoms. The van der Waals surface area contributed by atoms with Gasteiger partial charge in [0.2, 0.25) is 0 Å². The number of aromatic nitrogens is 1. The Labute approximate surface area is 118 Å². The zero-order valence-electron chi connectivity index (χ0n) is 11.6. The fourth-order valence-corrected chi connectivity index (χ4v) is 2.88. The lowest BCUT2D eigenvalue weighted by atomic mass is 9.80. The van der Waals surface area contributed by atoms with Crippen LogP contribution in [0.4, 0.5) is 0 Å². The van der Waals surface area contributed by atoms with Crippen molar-refractivity contribution in [2.75, 3.05) is 26.7 Å². The summed E-state index contributed by atoms with van der Waals surface area (Å²) in [7, 11) is 2.14. The molecule has 3 N–H and O–H groups in total. The third-order valence-corrected chi connectivity index (χ3v) is 4.70. The molecule has 0 atom stereocenters. The number of nitrogens with zero attached hydrogens (tertiary/aromatic N) is 2. The van der Waals surface area contributed by atoms with E-state index >= 15 is 0 Å². The molecular formula is C13H22N4OS. The minimum atomic E-state index is -0.0869. The molecule has 0 unspecified atom stereocenters. The van der Waals surface area contributed by atoms with E-state index in [0.29, 0.717) is 12.2 Å². The van der Waals surface area contributed by atoms with Crippen molar-refractivity contribution in [3.8, 4) is 0 Å². The van der Waals surface area contributed by atoms with Crippen LogP contribution in [0.5, 0.6) is 0 Å². The number of piperidine rings is 1. The summed E-state index contributed by atoms with van der Waals surface area (Å²) in [5.41, 5.74) is 6.19. The van der Waals surface area contributed by atoms with Gasteiger partial charge in [0.05, 0.1) is 0 Å². The molecule has 0 radical (unpaired) electrons. The Morgan fingerprint density at radius 1 is 1.58 bits per heavy atom. The summed E-state index contributed by atoms with van der Waals surface area (Å²) in [5, 5.41) is 5.58. The first-order valence-corrected chi connectivity index (χ1v) is 7.52. The van der Waals surface area contributed by atoms with Crippen molar-refractivity contribution >= 4 is 17.2 Å². The van der Waals surface area contributed by atoms with E-state index in [4.69, 9.17) is 5.73 Å². The van der Waals surface area contributed by atoms with Gasteiger partial charge in [-0.1, -0.05) is 6.92 Å². The third-order valence-electron chi connectivity index (χ3n) is 3.83. The van der Waals surface area contributed by atoms with Gasteiger partial charge in [0, 0.05) is 18.5 Å². The second-order valence-electron chi connectivity index (χ2n) is 5.63. The number of hydrogen-bond acceptors (Lipinski definition) is 5. The standard InChI is InChI=1S/C13H22N4OS/c1-13(3-5-17(2)6-4-13)9-15-12(18)10-8-19-11(7-14)16-10/h8H,3-7,9,14H2,1-2H3,(H,15,18). The van der Waals surface area contributed by atoms with Gasteiger partial charge in [-0.2, -0.15) is 0 Å². The van der Waals surface area contributed by atoms with Gasteiger partial charge in [0.25, 0.3) is 5.91 Å². The van der Waals surface area contributed by atoms with Crippen LogP contribution in [0.3, 0.4) is 0 Å². The molecular weight excluding hydrogens is 260 g/mol. The summed E-state index contributed by atoms with van der Waals surface area (Å²) in [5.74, 6) is -0.0869. The molecule has 0 aliphatic carbocycles. The van der Waals surface area contributed by atoms with Crippen LogP contribution in [0.2, 0.25) is 0 Å².